The molecule has 0 radical (unpaired) electrons. The largest absolute Gasteiger partial charge is 0.478 e. The first-order chi connectivity index (χ1) is 14.5. The molecule has 0 aliphatic rings. The standard InChI is InChI=1S/C24H16Cl2N2O2/c25-19-10-11-20(21(26)13-19)22-14-27-23(28-22)12-3-15-1-4-16(5-2-15)17-6-8-18(9-7-17)24(29)30/h1-14H,(H,27,28)(H,29,30)/b12-3+. The first-order valence-corrected chi connectivity index (χ1v) is 9.87. The van der Waals surface area contributed by atoms with Crippen LogP contribution in [0.1, 0.15) is 21.7 Å². The number of benzene rings is 3. The summed E-state index contributed by atoms with van der Waals surface area (Å²) in [4.78, 5) is 18.6. The number of halogens is 2. The molecule has 0 saturated carbocycles. The van der Waals surface area contributed by atoms with Gasteiger partial charge >= 0.3 is 5.97 Å². The highest BCUT2D eigenvalue weighted by Gasteiger charge is 2.07. The van der Waals surface area contributed by atoms with Crippen LogP contribution >= 0.6 is 23.2 Å². The van der Waals surface area contributed by atoms with Crippen molar-refractivity contribution in [3.63, 3.8) is 0 Å². The molecule has 6 heteroatoms. The summed E-state index contributed by atoms with van der Waals surface area (Å²) in [5, 5.41) is 10.2. The Morgan fingerprint density at radius 2 is 1.57 bits per heavy atom. The maximum atomic E-state index is 11.0. The van der Waals surface area contributed by atoms with Gasteiger partial charge in [0.2, 0.25) is 0 Å². The second-order valence-corrected chi connectivity index (χ2v) is 7.49. The van der Waals surface area contributed by atoms with Crippen LogP contribution in [0.5, 0.6) is 0 Å². The predicted octanol–water partition coefficient (Wildman–Crippen LogP) is 6.92. The number of rotatable bonds is 5. The van der Waals surface area contributed by atoms with Crippen molar-refractivity contribution < 1.29 is 9.90 Å². The molecule has 0 fully saturated rings. The summed E-state index contributed by atoms with van der Waals surface area (Å²) in [5.74, 6) is -0.217. The third kappa shape index (κ3) is 4.46. The van der Waals surface area contributed by atoms with Gasteiger partial charge in [0.25, 0.3) is 0 Å². The van der Waals surface area contributed by atoms with Crippen LogP contribution in [0, 0.1) is 0 Å². The van der Waals surface area contributed by atoms with Gasteiger partial charge in [0.1, 0.15) is 5.82 Å². The Hall–Kier alpha value is -3.34. The minimum atomic E-state index is -0.929. The van der Waals surface area contributed by atoms with Crippen LogP contribution in [0.25, 0.3) is 34.5 Å². The van der Waals surface area contributed by atoms with E-state index in [1.165, 1.54) is 0 Å². The molecule has 1 aromatic heterocycles. The summed E-state index contributed by atoms with van der Waals surface area (Å²) in [5.41, 5.74) is 4.93. The van der Waals surface area contributed by atoms with Crippen LogP contribution in [0.4, 0.5) is 0 Å². The molecule has 0 unspecified atom stereocenters. The Labute approximate surface area is 183 Å². The average molecular weight is 435 g/mol. The quantitative estimate of drug-likeness (QED) is 0.358. The lowest BCUT2D eigenvalue weighted by Gasteiger charge is -2.03. The van der Waals surface area contributed by atoms with Crippen molar-refractivity contribution in [1.29, 1.82) is 0 Å². The summed E-state index contributed by atoms with van der Waals surface area (Å²) >= 11 is 12.2. The number of aromatic carboxylic acids is 1. The minimum Gasteiger partial charge on any atom is -0.478 e. The van der Waals surface area contributed by atoms with E-state index in [1.54, 1.807) is 42.6 Å². The lowest BCUT2D eigenvalue weighted by atomic mass is 10.0. The van der Waals surface area contributed by atoms with E-state index in [2.05, 4.69) is 9.97 Å². The number of aromatic amines is 1. The lowest BCUT2D eigenvalue weighted by Crippen LogP contribution is -1.94. The molecule has 30 heavy (non-hydrogen) atoms. The number of carboxylic acid groups (broad SMARTS) is 1. The zero-order chi connectivity index (χ0) is 21.1. The number of carbonyl (C=O) groups is 1. The maximum Gasteiger partial charge on any atom is 0.335 e. The second kappa shape index (κ2) is 8.57. The van der Waals surface area contributed by atoms with E-state index in [9.17, 15) is 4.79 Å². The number of H-pyrrole nitrogens is 1. The zero-order valence-corrected chi connectivity index (χ0v) is 17.2. The molecule has 3 aromatic carbocycles. The normalized spacial score (nSPS) is 11.1. The fourth-order valence-corrected chi connectivity index (χ4v) is 3.54. The third-order valence-electron chi connectivity index (χ3n) is 4.63. The highest BCUT2D eigenvalue weighted by atomic mass is 35.5. The summed E-state index contributed by atoms with van der Waals surface area (Å²) in [6, 6.07) is 20.1. The van der Waals surface area contributed by atoms with Crippen molar-refractivity contribution >= 4 is 41.3 Å². The van der Waals surface area contributed by atoms with Crippen molar-refractivity contribution in [1.82, 2.24) is 9.97 Å². The smallest absolute Gasteiger partial charge is 0.335 e. The molecular formula is C24H16Cl2N2O2. The monoisotopic (exact) mass is 434 g/mol. The van der Waals surface area contributed by atoms with Crippen molar-refractivity contribution in [3.05, 3.63) is 99.9 Å². The molecule has 148 valence electrons. The summed E-state index contributed by atoms with van der Waals surface area (Å²) < 4.78 is 0. The van der Waals surface area contributed by atoms with Gasteiger partial charge < -0.3 is 10.1 Å². The first-order valence-electron chi connectivity index (χ1n) is 9.12. The number of aromatic nitrogens is 2. The topological polar surface area (TPSA) is 66.0 Å². The lowest BCUT2D eigenvalue weighted by molar-refractivity contribution is 0.0697. The van der Waals surface area contributed by atoms with E-state index in [0.717, 1.165) is 27.9 Å². The van der Waals surface area contributed by atoms with Crippen molar-refractivity contribution in [3.8, 4) is 22.4 Å². The molecule has 0 aliphatic heterocycles. The van der Waals surface area contributed by atoms with Gasteiger partial charge in [0.15, 0.2) is 0 Å². The molecule has 0 atom stereocenters. The summed E-state index contributed by atoms with van der Waals surface area (Å²) in [7, 11) is 0. The molecule has 0 amide bonds. The van der Waals surface area contributed by atoms with Gasteiger partial charge in [0, 0.05) is 10.6 Å². The van der Waals surface area contributed by atoms with Crippen molar-refractivity contribution in [2.75, 3.05) is 0 Å². The van der Waals surface area contributed by atoms with Crippen LogP contribution in [0.2, 0.25) is 10.0 Å². The maximum absolute atomic E-state index is 11.0. The van der Waals surface area contributed by atoms with Gasteiger partial charge in [-0.15, -0.1) is 0 Å². The second-order valence-electron chi connectivity index (χ2n) is 6.64. The average Bonchev–Trinajstić information content (AvgIpc) is 3.21. The summed E-state index contributed by atoms with van der Waals surface area (Å²) in [6.07, 6.45) is 5.59. The van der Waals surface area contributed by atoms with Gasteiger partial charge in [-0.2, -0.15) is 0 Å². The Morgan fingerprint density at radius 3 is 2.20 bits per heavy atom. The first kappa shape index (κ1) is 20.0. The van der Waals surface area contributed by atoms with Gasteiger partial charge in [-0.05, 0) is 53.1 Å². The van der Waals surface area contributed by atoms with E-state index in [0.29, 0.717) is 15.9 Å². The van der Waals surface area contributed by atoms with Crippen molar-refractivity contribution in [2.45, 2.75) is 0 Å². The minimum absolute atomic E-state index is 0.274. The van der Waals surface area contributed by atoms with E-state index >= 15 is 0 Å². The molecule has 0 aliphatic carbocycles. The number of hydrogen-bond donors (Lipinski definition) is 2. The molecule has 2 N–H and O–H groups in total. The Bertz CT molecular complexity index is 1230. The van der Waals surface area contributed by atoms with Crippen LogP contribution in [0.15, 0.2) is 72.9 Å². The number of imidazole rings is 1. The van der Waals surface area contributed by atoms with Crippen LogP contribution in [0.3, 0.4) is 0 Å². The number of carboxylic acids is 1. The van der Waals surface area contributed by atoms with Gasteiger partial charge in [0.05, 0.1) is 22.5 Å². The fourth-order valence-electron chi connectivity index (χ4n) is 3.03. The predicted molar refractivity (Wildman–Crippen MR) is 122 cm³/mol. The van der Waals surface area contributed by atoms with E-state index < -0.39 is 5.97 Å². The van der Waals surface area contributed by atoms with Crippen LogP contribution in [-0.2, 0) is 0 Å². The molecule has 1 heterocycles. The fraction of sp³-hybridized carbons (Fsp3) is 0. The van der Waals surface area contributed by atoms with Gasteiger partial charge in [-0.25, -0.2) is 9.78 Å². The van der Waals surface area contributed by atoms with Crippen molar-refractivity contribution in [2.24, 2.45) is 0 Å². The highest BCUT2D eigenvalue weighted by Crippen LogP contribution is 2.29. The molecule has 4 nitrogen and oxygen atoms in total. The third-order valence-corrected chi connectivity index (χ3v) is 5.17. The summed E-state index contributed by atoms with van der Waals surface area (Å²) in [6.45, 7) is 0. The van der Waals surface area contributed by atoms with Gasteiger partial charge in [-0.3, -0.25) is 0 Å². The zero-order valence-electron chi connectivity index (χ0n) is 15.6. The molecule has 0 bridgehead atoms. The molecular weight excluding hydrogens is 419 g/mol. The van der Waals surface area contributed by atoms with Gasteiger partial charge in [-0.1, -0.05) is 65.7 Å². The number of hydrogen-bond acceptors (Lipinski definition) is 2. The SMILES string of the molecule is O=C(O)c1ccc(-c2ccc(/C=C/c3ncc(-c4ccc(Cl)cc4Cl)[nH]3)cc2)cc1. The van der Waals surface area contributed by atoms with Crippen LogP contribution < -0.4 is 0 Å². The van der Waals surface area contributed by atoms with E-state index in [1.807, 2.05) is 42.5 Å². The molecule has 0 spiro atoms. The molecule has 4 aromatic rings. The Morgan fingerprint density at radius 1 is 0.900 bits per heavy atom. The number of nitrogens with zero attached hydrogens (tertiary/aromatic N) is 1. The molecule has 4 rings (SSSR count). The number of nitrogens with one attached hydrogen (secondary N) is 1. The highest BCUT2D eigenvalue weighted by molar-refractivity contribution is 6.36. The van der Waals surface area contributed by atoms with Crippen LogP contribution in [-0.4, -0.2) is 21.0 Å². The Kier molecular flexibility index (Phi) is 5.70. The molecule has 0 saturated heterocycles. The van der Waals surface area contributed by atoms with E-state index in [4.69, 9.17) is 28.3 Å². The Balaban J connectivity index is 1.48. The van der Waals surface area contributed by atoms with E-state index in [-0.39, 0.29) is 5.56 Å².